The smallest absolute Gasteiger partial charge is 0.408 e. The zero-order chi connectivity index (χ0) is 20.7. The van der Waals surface area contributed by atoms with Crippen molar-refractivity contribution >= 4 is 12.1 Å². The lowest BCUT2D eigenvalue weighted by Gasteiger charge is -2.22. The average molecular weight is 381 g/mol. The molecule has 1 amide bonds. The van der Waals surface area contributed by atoms with Gasteiger partial charge in [0.1, 0.15) is 5.60 Å². The quantitative estimate of drug-likeness (QED) is 0.704. The Bertz CT molecular complexity index is 833. The van der Waals surface area contributed by atoms with Crippen LogP contribution in [0.5, 0.6) is 0 Å². The summed E-state index contributed by atoms with van der Waals surface area (Å²) >= 11 is 0. The molecule has 2 aromatic carbocycles. The molecule has 0 saturated heterocycles. The maximum atomic E-state index is 12.1. The van der Waals surface area contributed by atoms with Crippen molar-refractivity contribution in [1.29, 1.82) is 0 Å². The van der Waals surface area contributed by atoms with Crippen LogP contribution in [0.4, 0.5) is 4.79 Å². The number of carboxylic acids is 1. The maximum Gasteiger partial charge on any atom is 0.408 e. The molecule has 1 atom stereocenters. The lowest BCUT2D eigenvalue weighted by atomic mass is 10.00. The number of carboxylic acid groups (broad SMARTS) is 1. The fraction of sp³-hybridized carbons (Fsp3) is 0.304. The van der Waals surface area contributed by atoms with Crippen LogP contribution in [0.15, 0.2) is 66.2 Å². The number of hydrogen-bond acceptors (Lipinski definition) is 3. The Labute approximate surface area is 166 Å². The number of ether oxygens (including phenoxy) is 1. The van der Waals surface area contributed by atoms with Crippen molar-refractivity contribution < 1.29 is 19.4 Å². The van der Waals surface area contributed by atoms with E-state index in [9.17, 15) is 9.59 Å². The van der Waals surface area contributed by atoms with Crippen molar-refractivity contribution in [2.45, 2.75) is 45.8 Å². The van der Waals surface area contributed by atoms with Crippen LogP contribution >= 0.6 is 0 Å². The number of alkyl carbamates (subject to hydrolysis) is 1. The summed E-state index contributed by atoms with van der Waals surface area (Å²) in [5.41, 5.74) is 2.74. The Hall–Kier alpha value is -3.08. The molecular formula is C23H27NO4. The Morgan fingerprint density at radius 1 is 1.04 bits per heavy atom. The van der Waals surface area contributed by atoms with Gasteiger partial charge in [0.05, 0.1) is 6.04 Å². The lowest BCUT2D eigenvalue weighted by Crippen LogP contribution is -2.39. The molecule has 2 rings (SSSR count). The third-order valence-corrected chi connectivity index (χ3v) is 4.01. The molecule has 0 aromatic heterocycles. The van der Waals surface area contributed by atoms with Crippen molar-refractivity contribution in [3.63, 3.8) is 0 Å². The average Bonchev–Trinajstić information content (AvgIpc) is 2.61. The molecule has 0 aliphatic carbocycles. The van der Waals surface area contributed by atoms with Crippen molar-refractivity contribution in [2.24, 2.45) is 0 Å². The molecule has 2 aromatic rings. The zero-order valence-corrected chi connectivity index (χ0v) is 16.7. The minimum absolute atomic E-state index is 0.168. The van der Waals surface area contributed by atoms with E-state index in [1.165, 1.54) is 13.0 Å². The van der Waals surface area contributed by atoms with Crippen molar-refractivity contribution in [3.8, 4) is 11.1 Å². The Morgan fingerprint density at radius 2 is 1.61 bits per heavy atom. The highest BCUT2D eigenvalue weighted by Gasteiger charge is 2.19. The van der Waals surface area contributed by atoms with E-state index in [0.29, 0.717) is 6.42 Å². The molecule has 5 nitrogen and oxygen atoms in total. The summed E-state index contributed by atoms with van der Waals surface area (Å²) < 4.78 is 5.30. The standard InChI is InChI=1S/C23H27NO4/c1-16(21(25)26)14-20(24-22(27)28-23(2,3)4)15-17-10-12-19(13-11-17)18-8-6-5-7-9-18/h5-14,20H,15H2,1-4H3,(H,24,27)(H,25,26)/t20-/m0/s1. The van der Waals surface area contributed by atoms with Gasteiger partial charge in [0.2, 0.25) is 0 Å². The van der Waals surface area contributed by atoms with Crippen LogP contribution in [0, 0.1) is 0 Å². The largest absolute Gasteiger partial charge is 0.478 e. The second-order valence-corrected chi connectivity index (χ2v) is 7.67. The number of carbonyl (C=O) groups is 2. The topological polar surface area (TPSA) is 75.6 Å². The van der Waals surface area contributed by atoms with Crippen molar-refractivity contribution in [1.82, 2.24) is 5.32 Å². The fourth-order valence-electron chi connectivity index (χ4n) is 2.70. The van der Waals surface area contributed by atoms with E-state index in [4.69, 9.17) is 9.84 Å². The van der Waals surface area contributed by atoms with Crippen LogP contribution < -0.4 is 5.32 Å². The van der Waals surface area contributed by atoms with Crippen molar-refractivity contribution in [2.75, 3.05) is 0 Å². The molecule has 2 N–H and O–H groups in total. The van der Waals surface area contributed by atoms with Crippen LogP contribution in [-0.2, 0) is 16.0 Å². The van der Waals surface area contributed by atoms with Gasteiger partial charge < -0.3 is 15.2 Å². The number of benzene rings is 2. The normalized spacial score (nSPS) is 12.9. The van der Waals surface area contributed by atoms with Gasteiger partial charge in [0.15, 0.2) is 0 Å². The van der Waals surface area contributed by atoms with Crippen LogP contribution in [0.2, 0.25) is 0 Å². The van der Waals surface area contributed by atoms with Crippen LogP contribution in [0.3, 0.4) is 0 Å². The van der Waals surface area contributed by atoms with Gasteiger partial charge in [-0.1, -0.05) is 60.7 Å². The number of nitrogens with one attached hydrogen (secondary N) is 1. The second-order valence-electron chi connectivity index (χ2n) is 7.67. The first-order valence-corrected chi connectivity index (χ1v) is 9.19. The van der Waals surface area contributed by atoms with Gasteiger partial charge in [0.25, 0.3) is 0 Å². The molecule has 0 unspecified atom stereocenters. The van der Waals surface area contributed by atoms with E-state index in [2.05, 4.69) is 5.32 Å². The summed E-state index contributed by atoms with van der Waals surface area (Å²) in [6.07, 6.45) is 1.42. The molecule has 0 aliphatic heterocycles. The predicted molar refractivity (Wildman–Crippen MR) is 110 cm³/mol. The van der Waals surface area contributed by atoms with Crippen LogP contribution in [0.25, 0.3) is 11.1 Å². The highest BCUT2D eigenvalue weighted by Crippen LogP contribution is 2.20. The first-order chi connectivity index (χ1) is 13.1. The number of carbonyl (C=O) groups excluding carboxylic acids is 1. The van der Waals surface area contributed by atoms with E-state index < -0.39 is 23.7 Å². The van der Waals surface area contributed by atoms with Gasteiger partial charge in [-0.15, -0.1) is 0 Å². The Kier molecular flexibility index (Phi) is 6.99. The van der Waals surface area contributed by atoms with E-state index in [1.54, 1.807) is 20.8 Å². The fourth-order valence-corrected chi connectivity index (χ4v) is 2.70. The third-order valence-electron chi connectivity index (χ3n) is 4.01. The zero-order valence-electron chi connectivity index (χ0n) is 16.7. The van der Waals surface area contributed by atoms with E-state index in [1.807, 2.05) is 54.6 Å². The van der Waals surface area contributed by atoms with Gasteiger partial charge in [-0.05, 0) is 50.8 Å². The third kappa shape index (κ3) is 6.91. The Balaban J connectivity index is 2.16. The van der Waals surface area contributed by atoms with E-state index in [-0.39, 0.29) is 5.57 Å². The summed E-state index contributed by atoms with van der Waals surface area (Å²) in [4.78, 5) is 23.3. The molecule has 0 heterocycles. The molecule has 28 heavy (non-hydrogen) atoms. The minimum atomic E-state index is -1.02. The first-order valence-electron chi connectivity index (χ1n) is 9.19. The highest BCUT2D eigenvalue weighted by molar-refractivity contribution is 5.86. The van der Waals surface area contributed by atoms with Crippen LogP contribution in [-0.4, -0.2) is 28.8 Å². The predicted octanol–water partition coefficient (Wildman–Crippen LogP) is 4.82. The molecular weight excluding hydrogens is 354 g/mol. The van der Waals surface area contributed by atoms with Gasteiger partial charge in [-0.2, -0.15) is 0 Å². The molecule has 0 spiro atoms. The maximum absolute atomic E-state index is 12.1. The van der Waals surface area contributed by atoms with Gasteiger partial charge in [-0.3, -0.25) is 0 Å². The summed E-state index contributed by atoms with van der Waals surface area (Å²) in [5, 5.41) is 11.9. The first kappa shape index (κ1) is 21.2. The van der Waals surface area contributed by atoms with E-state index in [0.717, 1.165) is 16.7 Å². The van der Waals surface area contributed by atoms with Crippen molar-refractivity contribution in [3.05, 3.63) is 71.8 Å². The SMILES string of the molecule is CC(=C[C@@H](Cc1ccc(-c2ccccc2)cc1)NC(=O)OC(C)(C)C)C(=O)O. The summed E-state index contributed by atoms with van der Waals surface area (Å²) in [6.45, 7) is 6.84. The van der Waals surface area contributed by atoms with Gasteiger partial charge >= 0.3 is 12.1 Å². The number of amides is 1. The molecule has 0 radical (unpaired) electrons. The molecule has 148 valence electrons. The van der Waals surface area contributed by atoms with Crippen LogP contribution in [0.1, 0.15) is 33.3 Å². The molecule has 5 heteroatoms. The molecule has 0 bridgehead atoms. The monoisotopic (exact) mass is 381 g/mol. The Morgan fingerprint density at radius 3 is 2.14 bits per heavy atom. The lowest BCUT2D eigenvalue weighted by molar-refractivity contribution is -0.132. The number of hydrogen-bond donors (Lipinski definition) is 2. The molecule has 0 aliphatic rings. The molecule has 0 fully saturated rings. The minimum Gasteiger partial charge on any atom is -0.478 e. The molecule has 0 saturated carbocycles. The summed E-state index contributed by atoms with van der Waals surface area (Å²) in [7, 11) is 0. The second kappa shape index (κ2) is 9.22. The van der Waals surface area contributed by atoms with Gasteiger partial charge in [0, 0.05) is 5.57 Å². The highest BCUT2D eigenvalue weighted by atomic mass is 16.6. The van der Waals surface area contributed by atoms with Gasteiger partial charge in [-0.25, -0.2) is 9.59 Å². The summed E-state index contributed by atoms with van der Waals surface area (Å²) in [5.74, 6) is -1.02. The number of aliphatic carboxylic acids is 1. The summed E-state index contributed by atoms with van der Waals surface area (Å²) in [6, 6.07) is 17.5. The number of rotatable bonds is 6. The van der Waals surface area contributed by atoms with E-state index >= 15 is 0 Å².